The monoisotopic (exact) mass is 410 g/mol. The number of amides is 1. The largest absolute Gasteiger partial charge is 0.456 e. The quantitative estimate of drug-likeness (QED) is 0.579. The Kier molecular flexibility index (Phi) is 5.39. The highest BCUT2D eigenvalue weighted by atomic mass is 19.1. The van der Waals surface area contributed by atoms with Gasteiger partial charge in [0.05, 0.1) is 11.4 Å². The van der Waals surface area contributed by atoms with E-state index in [1.54, 1.807) is 25.4 Å². The van der Waals surface area contributed by atoms with Gasteiger partial charge in [0.2, 0.25) is 5.91 Å². The van der Waals surface area contributed by atoms with Gasteiger partial charge in [0.25, 0.3) is 0 Å². The average molecular weight is 410 g/mol. The molecule has 1 unspecified atom stereocenters. The van der Waals surface area contributed by atoms with Crippen molar-refractivity contribution in [1.82, 2.24) is 5.01 Å². The Morgan fingerprint density at radius 3 is 2.70 bits per heavy atom. The summed E-state index contributed by atoms with van der Waals surface area (Å²) in [4.78, 5) is 14.9. The summed E-state index contributed by atoms with van der Waals surface area (Å²) in [5.74, 6) is 6.55. The molecule has 0 spiro atoms. The summed E-state index contributed by atoms with van der Waals surface area (Å²) in [6.45, 7) is 2.07. The molecule has 7 heteroatoms. The van der Waals surface area contributed by atoms with Crippen molar-refractivity contribution in [2.45, 2.75) is 38.6 Å². The number of nitrogens with two attached hydrogens (primary N) is 2. The fourth-order valence-electron chi connectivity index (χ4n) is 3.95. The molecule has 1 amide bonds. The topological polar surface area (TPSA) is 84.8 Å². The van der Waals surface area contributed by atoms with Gasteiger partial charge in [-0.1, -0.05) is 6.07 Å². The van der Waals surface area contributed by atoms with E-state index in [-0.39, 0.29) is 23.7 Å². The van der Waals surface area contributed by atoms with Crippen molar-refractivity contribution in [2.24, 2.45) is 17.5 Å². The minimum atomic E-state index is -0.386. The minimum absolute atomic E-state index is 0.113. The molecule has 0 aromatic heterocycles. The third-order valence-electron chi connectivity index (χ3n) is 5.58. The van der Waals surface area contributed by atoms with Gasteiger partial charge < -0.3 is 20.4 Å². The summed E-state index contributed by atoms with van der Waals surface area (Å²) in [5, 5.41) is 1.37. The molecule has 1 fully saturated rings. The van der Waals surface area contributed by atoms with E-state index in [1.807, 2.05) is 17.0 Å². The van der Waals surface area contributed by atoms with Crippen LogP contribution in [0.2, 0.25) is 0 Å². The Morgan fingerprint density at radius 1 is 1.27 bits per heavy atom. The molecule has 4 rings (SSSR count). The Balaban J connectivity index is 1.84. The Hall–Kier alpha value is -3.06. The maximum atomic E-state index is 13.8. The number of hydrazine groups is 1. The number of benzene rings is 2. The van der Waals surface area contributed by atoms with Crippen molar-refractivity contribution in [3.63, 3.8) is 0 Å². The van der Waals surface area contributed by atoms with Gasteiger partial charge in [0.15, 0.2) is 0 Å². The van der Waals surface area contributed by atoms with Crippen molar-refractivity contribution in [2.75, 3.05) is 11.9 Å². The number of ether oxygens (including phenoxy) is 1. The molecule has 0 bridgehead atoms. The smallest absolute Gasteiger partial charge is 0.230 e. The lowest BCUT2D eigenvalue weighted by atomic mass is 9.92. The van der Waals surface area contributed by atoms with Crippen LogP contribution in [0.5, 0.6) is 11.5 Å². The lowest BCUT2D eigenvalue weighted by Crippen LogP contribution is -2.43. The third kappa shape index (κ3) is 3.98. The highest BCUT2D eigenvalue weighted by molar-refractivity contribution is 5.99. The Labute approximate surface area is 175 Å². The number of nitrogens with zero attached hydrogens (tertiary/aromatic N) is 2. The summed E-state index contributed by atoms with van der Waals surface area (Å²) in [5.41, 5.74) is 9.12. The van der Waals surface area contributed by atoms with E-state index in [0.29, 0.717) is 22.8 Å². The van der Waals surface area contributed by atoms with E-state index in [1.165, 1.54) is 17.1 Å². The molecule has 1 aliphatic carbocycles. The molecule has 6 nitrogen and oxygen atoms in total. The predicted molar refractivity (Wildman–Crippen MR) is 115 cm³/mol. The number of fused-ring (bicyclic) bond motifs is 1. The first-order valence-electron chi connectivity index (χ1n) is 10.2. The van der Waals surface area contributed by atoms with Gasteiger partial charge in [-0.3, -0.25) is 4.79 Å². The van der Waals surface area contributed by atoms with Crippen molar-refractivity contribution >= 4 is 17.3 Å². The highest BCUT2D eigenvalue weighted by Gasteiger charge is 2.39. The number of carbonyl (C=O) groups excluding carboxylic acids is 1. The number of hydrogen-bond donors (Lipinski definition) is 2. The number of hydrogen-bond acceptors (Lipinski definition) is 5. The van der Waals surface area contributed by atoms with Crippen LogP contribution >= 0.6 is 0 Å². The van der Waals surface area contributed by atoms with Gasteiger partial charge in [0.1, 0.15) is 17.3 Å². The zero-order valence-electron chi connectivity index (χ0n) is 17.3. The van der Waals surface area contributed by atoms with E-state index in [9.17, 15) is 9.18 Å². The summed E-state index contributed by atoms with van der Waals surface area (Å²) in [6, 6.07) is 9.86. The van der Waals surface area contributed by atoms with E-state index in [2.05, 4.69) is 6.92 Å². The fourth-order valence-corrected chi connectivity index (χ4v) is 3.95. The van der Waals surface area contributed by atoms with Crippen LogP contribution in [0, 0.1) is 11.7 Å². The number of halogens is 1. The zero-order chi connectivity index (χ0) is 21.4. The molecule has 2 aliphatic rings. The van der Waals surface area contributed by atoms with Crippen LogP contribution in [-0.2, 0) is 11.2 Å². The normalized spacial score (nSPS) is 18.7. The van der Waals surface area contributed by atoms with Crippen LogP contribution in [0.1, 0.15) is 37.3 Å². The van der Waals surface area contributed by atoms with Crippen LogP contribution in [0.4, 0.5) is 10.1 Å². The van der Waals surface area contributed by atoms with Crippen molar-refractivity contribution < 1.29 is 13.9 Å². The molecule has 30 heavy (non-hydrogen) atoms. The molecule has 1 atom stereocenters. The van der Waals surface area contributed by atoms with Crippen LogP contribution in [0.25, 0.3) is 5.70 Å². The first-order valence-corrected chi connectivity index (χ1v) is 10.2. The predicted octanol–water partition coefficient (Wildman–Crippen LogP) is 3.76. The van der Waals surface area contributed by atoms with Crippen molar-refractivity contribution in [3.8, 4) is 11.5 Å². The maximum Gasteiger partial charge on any atom is 0.230 e. The molecule has 2 aromatic carbocycles. The molecule has 1 saturated carbocycles. The van der Waals surface area contributed by atoms with Gasteiger partial charge in [-0.2, -0.15) is 0 Å². The van der Waals surface area contributed by atoms with Gasteiger partial charge in [-0.05, 0) is 56.9 Å². The van der Waals surface area contributed by atoms with Crippen LogP contribution in [0.15, 0.2) is 42.6 Å². The zero-order valence-corrected chi connectivity index (χ0v) is 17.3. The average Bonchev–Trinajstić information content (AvgIpc) is 3.52. The molecular weight excluding hydrogens is 383 g/mol. The summed E-state index contributed by atoms with van der Waals surface area (Å²) in [6.07, 6.45) is 5.03. The summed E-state index contributed by atoms with van der Waals surface area (Å²) < 4.78 is 19.9. The molecule has 0 radical (unpaired) electrons. The number of anilines is 1. The van der Waals surface area contributed by atoms with Gasteiger partial charge in [-0.25, -0.2) is 10.2 Å². The molecule has 0 saturated heterocycles. The third-order valence-corrected chi connectivity index (χ3v) is 5.58. The fraction of sp³-hybridized carbons (Fsp3) is 0.348. The van der Waals surface area contributed by atoms with Gasteiger partial charge in [-0.15, -0.1) is 0 Å². The summed E-state index contributed by atoms with van der Waals surface area (Å²) >= 11 is 0. The highest BCUT2D eigenvalue weighted by Crippen LogP contribution is 2.44. The molecule has 1 aliphatic heterocycles. The molecule has 158 valence electrons. The molecule has 4 N–H and O–H groups in total. The second-order valence-corrected chi connectivity index (χ2v) is 8.12. The lowest BCUT2D eigenvalue weighted by molar-refractivity contribution is -0.120. The van der Waals surface area contributed by atoms with E-state index < -0.39 is 0 Å². The maximum absolute atomic E-state index is 13.8. The van der Waals surface area contributed by atoms with Crippen molar-refractivity contribution in [3.05, 3.63) is 59.5 Å². The van der Waals surface area contributed by atoms with Gasteiger partial charge in [0, 0.05) is 42.4 Å². The molecular formula is C23H27FN4O2. The molecule has 2 aromatic rings. The number of carbonyl (C=O) groups is 1. The SMILES string of the molecule is CC1CCc2c(ccc(/C(N)=C/N(C)N)c2Oc2cccc(F)c2)N1C(=O)C1CC1. The number of rotatable bonds is 5. The summed E-state index contributed by atoms with van der Waals surface area (Å²) in [7, 11) is 1.68. The van der Waals surface area contributed by atoms with Crippen molar-refractivity contribution in [1.29, 1.82) is 0 Å². The van der Waals surface area contributed by atoms with Gasteiger partial charge >= 0.3 is 0 Å². The Morgan fingerprint density at radius 2 is 2.03 bits per heavy atom. The standard InChI is InChI=1S/C23H27FN4O2/c1-14-6-9-19-21(28(14)23(29)15-7-8-15)11-10-18(20(25)13-27(2)26)22(19)30-17-5-3-4-16(24)12-17/h3-5,10-15H,6-9,25-26H2,1-2H3/b20-13-. The first-order chi connectivity index (χ1) is 14.3. The van der Waals surface area contributed by atoms with E-state index in [0.717, 1.165) is 36.9 Å². The molecule has 1 heterocycles. The second kappa shape index (κ2) is 7.99. The van der Waals surface area contributed by atoms with Crippen LogP contribution in [-0.4, -0.2) is 24.0 Å². The van der Waals surface area contributed by atoms with E-state index >= 15 is 0 Å². The van der Waals surface area contributed by atoms with Crippen LogP contribution in [0.3, 0.4) is 0 Å². The minimum Gasteiger partial charge on any atom is -0.456 e. The Bertz CT molecular complexity index is 1000. The van der Waals surface area contributed by atoms with Crippen LogP contribution < -0.4 is 21.2 Å². The van der Waals surface area contributed by atoms with E-state index in [4.69, 9.17) is 16.3 Å². The lowest BCUT2D eigenvalue weighted by Gasteiger charge is -2.36. The first kappa shape index (κ1) is 20.2. The second-order valence-electron chi connectivity index (χ2n) is 8.12.